The van der Waals surface area contributed by atoms with Crippen LogP contribution in [-0.4, -0.2) is 35.1 Å². The number of nitrogens with two attached hydrogens (primary N) is 2. The monoisotopic (exact) mass is 398 g/mol. The van der Waals surface area contributed by atoms with Gasteiger partial charge in [0.15, 0.2) is 5.82 Å². The third kappa shape index (κ3) is 4.19. The molecule has 9 heteroatoms. The zero-order valence-corrected chi connectivity index (χ0v) is 16.4. The smallest absolute Gasteiger partial charge is 0.252 e. The van der Waals surface area contributed by atoms with Crippen molar-refractivity contribution in [1.29, 1.82) is 0 Å². The van der Waals surface area contributed by atoms with E-state index in [4.69, 9.17) is 16.2 Å². The molecule has 0 aliphatic carbocycles. The van der Waals surface area contributed by atoms with E-state index in [9.17, 15) is 4.79 Å². The molecule has 1 amide bonds. The molecule has 3 rings (SSSR count). The topological polar surface area (TPSA) is 128 Å². The lowest BCUT2D eigenvalue weighted by molar-refractivity contribution is 0.100. The molecule has 0 spiro atoms. The Morgan fingerprint density at radius 2 is 2.00 bits per heavy atom. The lowest BCUT2D eigenvalue weighted by atomic mass is 10.1. The Morgan fingerprint density at radius 1 is 1.24 bits per heavy atom. The summed E-state index contributed by atoms with van der Waals surface area (Å²) in [5.41, 5.74) is 12.4. The Hall–Kier alpha value is -3.46. The highest BCUT2D eigenvalue weighted by molar-refractivity contribution is 5.99. The molecule has 3 aromatic rings. The second-order valence-corrected chi connectivity index (χ2v) is 6.74. The number of amides is 1. The number of methoxy groups -OCH3 is 1. The lowest BCUT2D eigenvalue weighted by Gasteiger charge is -2.21. The van der Waals surface area contributed by atoms with Crippen LogP contribution in [0.3, 0.4) is 0 Å². The average Bonchev–Trinajstić information content (AvgIpc) is 2.69. The normalized spacial score (nSPS) is 13.0. The maximum absolute atomic E-state index is 15.5. The van der Waals surface area contributed by atoms with E-state index in [1.807, 2.05) is 13.8 Å². The van der Waals surface area contributed by atoms with Crippen molar-refractivity contribution in [3.8, 4) is 5.75 Å². The van der Waals surface area contributed by atoms with Gasteiger partial charge in [-0.2, -0.15) is 0 Å². The summed E-state index contributed by atoms with van der Waals surface area (Å²) in [6.07, 6.45) is 2.80. The lowest BCUT2D eigenvalue weighted by Crippen LogP contribution is -2.35. The summed E-state index contributed by atoms with van der Waals surface area (Å²) in [5.74, 6) is -0.553. The first-order chi connectivity index (χ1) is 13.8. The van der Waals surface area contributed by atoms with E-state index in [2.05, 4.69) is 20.6 Å². The van der Waals surface area contributed by atoms with Crippen molar-refractivity contribution in [2.75, 3.05) is 17.7 Å². The Labute approximate surface area is 167 Å². The number of carbonyl (C=O) groups is 1. The van der Waals surface area contributed by atoms with Gasteiger partial charge in [-0.05, 0) is 26.0 Å². The quantitative estimate of drug-likeness (QED) is 0.482. The number of hydrogen-bond donors (Lipinski definition) is 4. The number of anilines is 3. The number of benzene rings is 1. The van der Waals surface area contributed by atoms with Crippen molar-refractivity contribution in [2.24, 2.45) is 11.5 Å². The van der Waals surface area contributed by atoms with Crippen LogP contribution < -0.4 is 26.8 Å². The summed E-state index contributed by atoms with van der Waals surface area (Å²) in [6.45, 7) is 3.75. The van der Waals surface area contributed by atoms with Crippen LogP contribution in [-0.2, 0) is 0 Å². The van der Waals surface area contributed by atoms with Gasteiger partial charge in [-0.15, -0.1) is 0 Å². The summed E-state index contributed by atoms with van der Waals surface area (Å²) >= 11 is 0. The van der Waals surface area contributed by atoms with Gasteiger partial charge >= 0.3 is 0 Å². The maximum Gasteiger partial charge on any atom is 0.252 e. The summed E-state index contributed by atoms with van der Waals surface area (Å²) in [4.78, 5) is 20.0. The third-order valence-electron chi connectivity index (χ3n) is 4.61. The molecule has 0 bridgehead atoms. The molecule has 0 unspecified atom stereocenters. The number of nitrogens with zero attached hydrogens (tertiary/aromatic N) is 2. The molecule has 152 valence electrons. The van der Waals surface area contributed by atoms with Gasteiger partial charge in [0.1, 0.15) is 11.6 Å². The molecule has 1 aromatic carbocycles. The molecule has 0 aliphatic rings. The van der Waals surface area contributed by atoms with Crippen molar-refractivity contribution in [3.63, 3.8) is 0 Å². The summed E-state index contributed by atoms with van der Waals surface area (Å²) in [7, 11) is 1.53. The number of ether oxygens (including phenoxy) is 1. The molecule has 0 radical (unpaired) electrons. The number of carbonyl (C=O) groups excluding carboxylic acids is 1. The number of nitrogens with one attached hydrogen (secondary N) is 2. The molecule has 29 heavy (non-hydrogen) atoms. The minimum absolute atomic E-state index is 0.0559. The summed E-state index contributed by atoms with van der Waals surface area (Å²) < 4.78 is 20.8. The largest absolute Gasteiger partial charge is 0.497 e. The predicted molar refractivity (Wildman–Crippen MR) is 111 cm³/mol. The van der Waals surface area contributed by atoms with E-state index in [0.29, 0.717) is 17.0 Å². The number of hydrogen-bond acceptors (Lipinski definition) is 7. The Kier molecular flexibility index (Phi) is 5.79. The number of aromatic nitrogens is 2. The first-order valence-electron chi connectivity index (χ1n) is 9.02. The van der Waals surface area contributed by atoms with Crippen LogP contribution in [0.25, 0.3) is 10.9 Å². The van der Waals surface area contributed by atoms with E-state index in [1.165, 1.54) is 25.6 Å². The van der Waals surface area contributed by atoms with E-state index in [-0.39, 0.29) is 34.5 Å². The molecule has 2 aromatic heterocycles. The van der Waals surface area contributed by atoms with Gasteiger partial charge in [0.25, 0.3) is 5.91 Å². The molecule has 0 fully saturated rings. The number of pyridine rings is 2. The molecule has 2 atom stereocenters. The first-order valence-corrected chi connectivity index (χ1v) is 9.02. The van der Waals surface area contributed by atoms with Crippen molar-refractivity contribution >= 4 is 34.0 Å². The number of halogens is 1. The van der Waals surface area contributed by atoms with Crippen molar-refractivity contribution in [1.82, 2.24) is 9.97 Å². The maximum atomic E-state index is 15.5. The number of fused-ring (bicyclic) bond motifs is 1. The fraction of sp³-hybridized carbons (Fsp3) is 0.250. The Balaban J connectivity index is 2.12. The predicted octanol–water partition coefficient (Wildman–Crippen LogP) is 2.77. The van der Waals surface area contributed by atoms with Gasteiger partial charge in [-0.25, -0.2) is 9.37 Å². The van der Waals surface area contributed by atoms with E-state index >= 15 is 4.39 Å². The van der Waals surface area contributed by atoms with Gasteiger partial charge in [-0.3, -0.25) is 9.78 Å². The molecule has 0 aliphatic heterocycles. The van der Waals surface area contributed by atoms with Crippen molar-refractivity contribution in [3.05, 3.63) is 48.0 Å². The zero-order chi connectivity index (χ0) is 21.1. The Bertz CT molecular complexity index is 1060. The van der Waals surface area contributed by atoms with Gasteiger partial charge in [0.05, 0.1) is 41.1 Å². The highest BCUT2D eigenvalue weighted by atomic mass is 19.1. The van der Waals surface area contributed by atoms with Gasteiger partial charge in [0.2, 0.25) is 0 Å². The van der Waals surface area contributed by atoms with Crippen molar-refractivity contribution in [2.45, 2.75) is 25.9 Å². The van der Waals surface area contributed by atoms with Crippen molar-refractivity contribution < 1.29 is 13.9 Å². The van der Waals surface area contributed by atoms with Crippen LogP contribution >= 0.6 is 0 Å². The van der Waals surface area contributed by atoms with Crippen LogP contribution in [0.2, 0.25) is 0 Å². The van der Waals surface area contributed by atoms with Crippen LogP contribution in [0.15, 0.2) is 36.7 Å². The van der Waals surface area contributed by atoms with Gasteiger partial charge in [-0.1, -0.05) is 0 Å². The number of rotatable bonds is 7. The van der Waals surface area contributed by atoms with Crippen LogP contribution in [0.1, 0.15) is 24.2 Å². The highest BCUT2D eigenvalue weighted by Crippen LogP contribution is 2.34. The second-order valence-electron chi connectivity index (χ2n) is 6.74. The minimum atomic E-state index is -0.674. The fourth-order valence-electron chi connectivity index (χ4n) is 2.79. The van der Waals surface area contributed by atoms with Crippen LogP contribution in [0, 0.1) is 5.82 Å². The zero-order valence-electron chi connectivity index (χ0n) is 16.4. The Morgan fingerprint density at radius 3 is 2.66 bits per heavy atom. The van der Waals surface area contributed by atoms with Crippen LogP contribution in [0.4, 0.5) is 21.6 Å². The van der Waals surface area contributed by atoms with Gasteiger partial charge < -0.3 is 26.8 Å². The first kappa shape index (κ1) is 20.3. The third-order valence-corrected chi connectivity index (χ3v) is 4.61. The van der Waals surface area contributed by atoms with E-state index in [1.54, 1.807) is 18.2 Å². The SMILES string of the molecule is COc1cc(N[C@@H](C)[C@@H](C)N)c2c(F)c(Nc3ncccc3C(N)=O)cnc2c1. The van der Waals surface area contributed by atoms with Gasteiger partial charge in [0, 0.05) is 30.4 Å². The molecule has 0 saturated heterocycles. The molecule has 8 nitrogen and oxygen atoms in total. The molecule has 0 saturated carbocycles. The summed E-state index contributed by atoms with van der Waals surface area (Å²) in [5, 5.41) is 6.29. The van der Waals surface area contributed by atoms with Crippen LogP contribution in [0.5, 0.6) is 5.75 Å². The average molecular weight is 398 g/mol. The molecular formula is C20H23FN6O2. The fourth-order valence-corrected chi connectivity index (χ4v) is 2.79. The number of primary amides is 1. The second kappa shape index (κ2) is 8.27. The molecule has 6 N–H and O–H groups in total. The highest BCUT2D eigenvalue weighted by Gasteiger charge is 2.18. The molecular weight excluding hydrogens is 375 g/mol. The molecule has 2 heterocycles. The minimum Gasteiger partial charge on any atom is -0.497 e. The standard InChI is InChI=1S/C20H23FN6O2/c1-10(22)11(2)26-15-8-12(29-3)7-14-17(15)18(21)16(9-25-14)27-20-13(19(23)28)5-4-6-24-20/h4-11,26H,22H2,1-3H3,(H2,23,28)(H,24,27)/t10-,11+/m1/s1. The van der Waals surface area contributed by atoms with E-state index < -0.39 is 11.7 Å². The summed E-state index contributed by atoms with van der Waals surface area (Å²) in [6, 6.07) is 6.11. The van der Waals surface area contributed by atoms with E-state index in [0.717, 1.165) is 0 Å².